The average molecular weight is 368 g/mol. The number of nitrogens with zero attached hydrogens (tertiary/aromatic N) is 2. The van der Waals surface area contributed by atoms with E-state index in [9.17, 15) is 19.7 Å². The maximum atomic E-state index is 12.1. The molecule has 3 aromatic rings. The van der Waals surface area contributed by atoms with Crippen molar-refractivity contribution >= 4 is 28.4 Å². The van der Waals surface area contributed by atoms with Crippen molar-refractivity contribution in [1.29, 1.82) is 0 Å². The van der Waals surface area contributed by atoms with Crippen molar-refractivity contribution in [2.24, 2.45) is 0 Å². The lowest BCUT2D eigenvalue weighted by Gasteiger charge is -2.06. The Kier molecular flexibility index (Phi) is 5.09. The van der Waals surface area contributed by atoms with Crippen LogP contribution in [-0.2, 0) is 0 Å². The van der Waals surface area contributed by atoms with Crippen LogP contribution in [0, 0.1) is 10.1 Å². The second-order valence-corrected chi connectivity index (χ2v) is 6.20. The fourth-order valence-electron chi connectivity index (χ4n) is 2.12. The zero-order valence-electron chi connectivity index (χ0n) is 13.2. The van der Waals surface area contributed by atoms with Gasteiger partial charge in [-0.15, -0.1) is 0 Å². The Balaban J connectivity index is 1.63. The molecule has 0 aliphatic carbocycles. The number of benzene rings is 2. The van der Waals surface area contributed by atoms with Crippen molar-refractivity contribution in [3.8, 4) is 11.3 Å². The van der Waals surface area contributed by atoms with Gasteiger partial charge in [0.05, 0.1) is 10.6 Å². The molecule has 0 aliphatic rings. The molecule has 0 atom stereocenters. The van der Waals surface area contributed by atoms with Gasteiger partial charge in [-0.1, -0.05) is 12.1 Å². The number of rotatable bonds is 4. The van der Waals surface area contributed by atoms with Gasteiger partial charge in [0.2, 0.25) is 0 Å². The number of carbonyl (C=O) groups excluding carboxylic acids is 1. The molecule has 3 rings (SSSR count). The first kappa shape index (κ1) is 17.4. The van der Waals surface area contributed by atoms with Crippen molar-refractivity contribution in [2.45, 2.75) is 4.90 Å². The number of hydrogen-bond acceptors (Lipinski definition) is 6. The van der Waals surface area contributed by atoms with E-state index in [1.165, 1.54) is 30.3 Å². The molecule has 0 fully saturated rings. The third-order valence-corrected chi connectivity index (χ3v) is 4.16. The third kappa shape index (κ3) is 4.33. The molecule has 26 heavy (non-hydrogen) atoms. The lowest BCUT2D eigenvalue weighted by molar-refractivity contribution is -0.384. The van der Waals surface area contributed by atoms with E-state index in [1.54, 1.807) is 30.3 Å². The van der Waals surface area contributed by atoms with Crippen LogP contribution in [0.15, 0.2) is 70.4 Å². The zero-order chi connectivity index (χ0) is 18.5. The third-order valence-electron chi connectivity index (χ3n) is 3.36. The first-order valence-corrected chi connectivity index (χ1v) is 8.22. The highest BCUT2D eigenvalue weighted by molar-refractivity contribution is 8.13. The molecule has 1 amide bonds. The Morgan fingerprint density at radius 2 is 1.73 bits per heavy atom. The van der Waals surface area contributed by atoms with Crippen LogP contribution >= 0.6 is 11.8 Å². The molecule has 0 spiro atoms. The number of nitro benzene ring substituents is 1. The van der Waals surface area contributed by atoms with Gasteiger partial charge in [-0.05, 0) is 42.1 Å². The predicted molar refractivity (Wildman–Crippen MR) is 98.3 cm³/mol. The highest BCUT2D eigenvalue weighted by Gasteiger charge is 2.09. The van der Waals surface area contributed by atoms with Gasteiger partial charge in [0.25, 0.3) is 16.5 Å². The standard InChI is InChI=1S/C17H12N4O4S/c22-16-10-9-15(19-20-16)11-1-3-12(4-2-11)18-17(23)26-14-7-5-13(6-8-14)21(24)25/h1-10H,(H,18,23)(H,20,22). The zero-order valence-corrected chi connectivity index (χ0v) is 14.0. The van der Waals surface area contributed by atoms with E-state index in [-0.39, 0.29) is 16.5 Å². The largest absolute Gasteiger partial charge is 0.317 e. The van der Waals surface area contributed by atoms with E-state index >= 15 is 0 Å². The molecule has 8 nitrogen and oxygen atoms in total. The van der Waals surface area contributed by atoms with E-state index in [2.05, 4.69) is 15.5 Å². The van der Waals surface area contributed by atoms with Crippen molar-refractivity contribution in [1.82, 2.24) is 10.2 Å². The number of nitrogens with one attached hydrogen (secondary N) is 2. The summed E-state index contributed by atoms with van der Waals surface area (Å²) in [5.74, 6) is 0. The lowest BCUT2D eigenvalue weighted by atomic mass is 10.1. The van der Waals surface area contributed by atoms with Gasteiger partial charge in [0, 0.05) is 34.3 Å². The van der Waals surface area contributed by atoms with Crippen LogP contribution < -0.4 is 10.9 Å². The van der Waals surface area contributed by atoms with Crippen LogP contribution in [-0.4, -0.2) is 20.4 Å². The number of thioether (sulfide) groups is 1. The van der Waals surface area contributed by atoms with Crippen LogP contribution in [0.5, 0.6) is 0 Å². The molecular weight excluding hydrogens is 356 g/mol. The van der Waals surface area contributed by atoms with E-state index in [0.29, 0.717) is 16.3 Å². The Labute approximate surface area is 151 Å². The first-order valence-electron chi connectivity index (χ1n) is 7.41. The predicted octanol–water partition coefficient (Wildman–Crippen LogP) is 3.67. The van der Waals surface area contributed by atoms with E-state index < -0.39 is 4.92 Å². The van der Waals surface area contributed by atoms with Crippen LogP contribution in [0.3, 0.4) is 0 Å². The van der Waals surface area contributed by atoms with Crippen molar-refractivity contribution < 1.29 is 9.72 Å². The number of H-pyrrole nitrogens is 1. The molecule has 2 aromatic carbocycles. The second kappa shape index (κ2) is 7.62. The summed E-state index contributed by atoms with van der Waals surface area (Å²) in [6.45, 7) is 0. The Bertz CT molecular complexity index is 980. The van der Waals surface area contributed by atoms with Crippen LogP contribution in [0.1, 0.15) is 0 Å². The molecule has 0 saturated heterocycles. The number of hydrogen-bond donors (Lipinski definition) is 2. The highest BCUT2D eigenvalue weighted by Crippen LogP contribution is 2.24. The van der Waals surface area contributed by atoms with E-state index in [4.69, 9.17) is 0 Å². The molecule has 0 bridgehead atoms. The van der Waals surface area contributed by atoms with E-state index in [0.717, 1.165) is 17.3 Å². The Morgan fingerprint density at radius 3 is 2.31 bits per heavy atom. The molecule has 1 heterocycles. The number of anilines is 1. The molecular formula is C17H12N4O4S. The topological polar surface area (TPSA) is 118 Å². The molecule has 1 aromatic heterocycles. The molecule has 2 N–H and O–H groups in total. The minimum atomic E-state index is -0.493. The highest BCUT2D eigenvalue weighted by atomic mass is 32.2. The van der Waals surface area contributed by atoms with Crippen molar-refractivity contribution in [3.05, 3.63) is 81.1 Å². The SMILES string of the molecule is O=C(Nc1ccc(-c2ccc(=O)[nH]n2)cc1)Sc1ccc([N+](=O)[O-])cc1. The number of aromatic nitrogens is 2. The van der Waals surface area contributed by atoms with Gasteiger partial charge in [-0.3, -0.25) is 19.7 Å². The summed E-state index contributed by atoms with van der Waals surface area (Å²) in [7, 11) is 0. The van der Waals surface area contributed by atoms with E-state index in [1.807, 2.05) is 0 Å². The summed E-state index contributed by atoms with van der Waals surface area (Å²) >= 11 is 0.936. The normalized spacial score (nSPS) is 10.3. The fraction of sp³-hybridized carbons (Fsp3) is 0. The maximum absolute atomic E-state index is 12.1. The fourth-order valence-corrected chi connectivity index (χ4v) is 2.77. The van der Waals surface area contributed by atoms with Gasteiger partial charge in [-0.2, -0.15) is 5.10 Å². The number of aromatic amines is 1. The van der Waals surface area contributed by atoms with Gasteiger partial charge in [0.15, 0.2) is 0 Å². The molecule has 0 aliphatic heterocycles. The smallest absolute Gasteiger partial charge is 0.288 e. The summed E-state index contributed by atoms with van der Waals surface area (Å²) in [5.41, 5.74) is 1.70. The number of carbonyl (C=O) groups is 1. The van der Waals surface area contributed by atoms with Crippen LogP contribution in [0.2, 0.25) is 0 Å². The van der Waals surface area contributed by atoms with Gasteiger partial charge < -0.3 is 5.32 Å². The monoisotopic (exact) mass is 368 g/mol. The van der Waals surface area contributed by atoms with Gasteiger partial charge in [0.1, 0.15) is 0 Å². The van der Waals surface area contributed by atoms with Crippen molar-refractivity contribution in [2.75, 3.05) is 5.32 Å². The molecule has 9 heteroatoms. The first-order chi connectivity index (χ1) is 12.5. The second-order valence-electron chi connectivity index (χ2n) is 5.15. The summed E-state index contributed by atoms with van der Waals surface area (Å²) in [4.78, 5) is 33.8. The summed E-state index contributed by atoms with van der Waals surface area (Å²) < 4.78 is 0. The van der Waals surface area contributed by atoms with Crippen LogP contribution in [0.25, 0.3) is 11.3 Å². The molecule has 0 saturated carbocycles. The van der Waals surface area contributed by atoms with Crippen molar-refractivity contribution in [3.63, 3.8) is 0 Å². The molecule has 0 unspecified atom stereocenters. The maximum Gasteiger partial charge on any atom is 0.288 e. The number of non-ortho nitro benzene ring substituents is 1. The van der Waals surface area contributed by atoms with Gasteiger partial charge >= 0.3 is 0 Å². The summed E-state index contributed by atoms with van der Waals surface area (Å²) in [6, 6.07) is 15.7. The summed E-state index contributed by atoms with van der Waals surface area (Å²) in [6.07, 6.45) is 0. The molecule has 0 radical (unpaired) electrons. The Morgan fingerprint density at radius 1 is 1.04 bits per heavy atom. The Hall–Kier alpha value is -3.46. The average Bonchev–Trinajstić information content (AvgIpc) is 2.63. The number of nitro groups is 1. The lowest BCUT2D eigenvalue weighted by Crippen LogP contribution is -2.06. The quantitative estimate of drug-likeness (QED) is 0.412. The number of amides is 1. The summed E-state index contributed by atoms with van der Waals surface area (Å²) in [5, 5.41) is 19.3. The molecule has 130 valence electrons. The minimum absolute atomic E-state index is 0.0267. The minimum Gasteiger partial charge on any atom is -0.317 e. The van der Waals surface area contributed by atoms with Gasteiger partial charge in [-0.25, -0.2) is 5.10 Å². The van der Waals surface area contributed by atoms with Crippen LogP contribution in [0.4, 0.5) is 16.2 Å².